The maximum Gasteiger partial charge on any atom is 0.123 e. The van der Waals surface area contributed by atoms with E-state index in [9.17, 15) is 4.39 Å². The third-order valence-electron chi connectivity index (χ3n) is 2.75. The van der Waals surface area contributed by atoms with E-state index in [0.29, 0.717) is 6.42 Å². The van der Waals surface area contributed by atoms with Crippen LogP contribution in [0.4, 0.5) is 4.39 Å². The molecule has 2 rings (SSSR count). The normalized spacial score (nSPS) is 12.7. The van der Waals surface area contributed by atoms with E-state index < -0.39 is 0 Å². The highest BCUT2D eigenvalue weighted by atomic mass is 79.9. The van der Waals surface area contributed by atoms with Gasteiger partial charge in [-0.05, 0) is 29.8 Å². The lowest BCUT2D eigenvalue weighted by molar-refractivity contribution is 0.319. The van der Waals surface area contributed by atoms with E-state index >= 15 is 0 Å². The number of benzene rings is 1. The number of aromatic nitrogens is 1. The highest BCUT2D eigenvalue weighted by molar-refractivity contribution is 9.10. The van der Waals surface area contributed by atoms with Crippen LogP contribution in [0, 0.1) is 5.82 Å². The number of hydrogen-bond donors (Lipinski definition) is 1. The van der Waals surface area contributed by atoms with E-state index in [0.717, 1.165) is 15.7 Å². The van der Waals surface area contributed by atoms with Crippen molar-refractivity contribution in [2.75, 3.05) is 0 Å². The summed E-state index contributed by atoms with van der Waals surface area (Å²) < 4.78 is 13.9. The largest absolute Gasteiger partial charge is 0.411 e. The monoisotopic (exact) mass is 322 g/mol. The fourth-order valence-electron chi connectivity index (χ4n) is 1.83. The first-order chi connectivity index (χ1) is 9.19. The SMILES string of the molecule is ON=CC(Cc1cc(Br)ccn1)c1ccc(F)cc1. The first kappa shape index (κ1) is 13.7. The zero-order valence-corrected chi connectivity index (χ0v) is 11.6. The Morgan fingerprint density at radius 1 is 1.32 bits per heavy atom. The van der Waals surface area contributed by atoms with E-state index in [1.807, 2.05) is 12.1 Å². The molecule has 0 aliphatic heterocycles. The minimum atomic E-state index is -0.288. The Labute approximate surface area is 118 Å². The quantitative estimate of drug-likeness (QED) is 0.529. The van der Waals surface area contributed by atoms with Crippen LogP contribution < -0.4 is 0 Å². The lowest BCUT2D eigenvalue weighted by atomic mass is 9.95. The van der Waals surface area contributed by atoms with Crippen LogP contribution in [0.1, 0.15) is 17.2 Å². The van der Waals surface area contributed by atoms with Crippen LogP contribution in [0.5, 0.6) is 0 Å². The Bertz CT molecular complexity index is 572. The second kappa shape index (κ2) is 6.43. The fraction of sp³-hybridized carbons (Fsp3) is 0.143. The van der Waals surface area contributed by atoms with Gasteiger partial charge in [0.25, 0.3) is 0 Å². The molecule has 1 aromatic carbocycles. The van der Waals surface area contributed by atoms with Gasteiger partial charge in [0.15, 0.2) is 0 Å². The van der Waals surface area contributed by atoms with Gasteiger partial charge in [-0.15, -0.1) is 5.16 Å². The second-order valence-corrected chi connectivity index (χ2v) is 5.01. The molecule has 0 bridgehead atoms. The van der Waals surface area contributed by atoms with Crippen LogP contribution in [0.15, 0.2) is 52.2 Å². The Balaban J connectivity index is 2.23. The standard InChI is InChI=1S/C14H12BrFN2O/c15-12-5-6-17-14(8-12)7-11(9-18-19)10-1-3-13(16)4-2-10/h1-6,8-9,11,19H,7H2. The molecule has 0 aliphatic rings. The molecule has 0 spiro atoms. The number of halogens is 2. The third-order valence-corrected chi connectivity index (χ3v) is 3.25. The zero-order valence-electron chi connectivity index (χ0n) is 10.0. The van der Waals surface area contributed by atoms with Crippen LogP contribution >= 0.6 is 15.9 Å². The van der Waals surface area contributed by atoms with Gasteiger partial charge in [-0.3, -0.25) is 4.98 Å². The average Bonchev–Trinajstić information content (AvgIpc) is 2.39. The minimum Gasteiger partial charge on any atom is -0.411 e. The van der Waals surface area contributed by atoms with Gasteiger partial charge in [-0.2, -0.15) is 0 Å². The summed E-state index contributed by atoms with van der Waals surface area (Å²) in [4.78, 5) is 4.26. The van der Waals surface area contributed by atoms with Crippen LogP contribution in [-0.4, -0.2) is 16.4 Å². The first-order valence-electron chi connectivity index (χ1n) is 5.72. The van der Waals surface area contributed by atoms with Crippen molar-refractivity contribution in [2.45, 2.75) is 12.3 Å². The predicted molar refractivity (Wildman–Crippen MR) is 75.1 cm³/mol. The van der Waals surface area contributed by atoms with Gasteiger partial charge >= 0.3 is 0 Å². The number of hydrogen-bond acceptors (Lipinski definition) is 3. The summed E-state index contributed by atoms with van der Waals surface area (Å²) in [6.45, 7) is 0. The molecule has 0 radical (unpaired) electrons. The van der Waals surface area contributed by atoms with Gasteiger partial charge in [0, 0.05) is 28.7 Å². The molecule has 1 N–H and O–H groups in total. The Morgan fingerprint density at radius 2 is 2.05 bits per heavy atom. The van der Waals surface area contributed by atoms with Crippen molar-refractivity contribution in [3.8, 4) is 0 Å². The summed E-state index contributed by atoms with van der Waals surface area (Å²) in [6, 6.07) is 9.89. The van der Waals surface area contributed by atoms with E-state index in [-0.39, 0.29) is 11.7 Å². The zero-order chi connectivity index (χ0) is 13.7. The van der Waals surface area contributed by atoms with Crippen molar-refractivity contribution in [2.24, 2.45) is 5.16 Å². The summed E-state index contributed by atoms with van der Waals surface area (Å²) in [5.41, 5.74) is 1.74. The molecule has 1 unspecified atom stereocenters. The molecule has 0 saturated carbocycles. The van der Waals surface area contributed by atoms with Crippen molar-refractivity contribution >= 4 is 22.1 Å². The lowest BCUT2D eigenvalue weighted by Gasteiger charge is -2.11. The highest BCUT2D eigenvalue weighted by Gasteiger charge is 2.11. The van der Waals surface area contributed by atoms with Gasteiger partial charge in [-0.1, -0.05) is 28.1 Å². The molecular formula is C14H12BrFN2O. The third kappa shape index (κ3) is 3.86. The molecule has 3 nitrogen and oxygen atoms in total. The Morgan fingerprint density at radius 3 is 2.68 bits per heavy atom. The fourth-order valence-corrected chi connectivity index (χ4v) is 2.22. The van der Waals surface area contributed by atoms with E-state index in [1.165, 1.54) is 18.3 Å². The summed E-state index contributed by atoms with van der Waals surface area (Å²) in [7, 11) is 0. The number of pyridine rings is 1. The lowest BCUT2D eigenvalue weighted by Crippen LogP contribution is -2.06. The number of oxime groups is 1. The molecular weight excluding hydrogens is 311 g/mol. The number of nitrogens with zero attached hydrogens (tertiary/aromatic N) is 2. The molecule has 1 aromatic heterocycles. The van der Waals surface area contributed by atoms with Crippen molar-refractivity contribution in [1.82, 2.24) is 4.98 Å². The van der Waals surface area contributed by atoms with Crippen LogP contribution in [0.25, 0.3) is 0 Å². The van der Waals surface area contributed by atoms with Gasteiger partial charge in [0.2, 0.25) is 0 Å². The van der Waals surface area contributed by atoms with Gasteiger partial charge < -0.3 is 5.21 Å². The minimum absolute atomic E-state index is 0.146. The van der Waals surface area contributed by atoms with Crippen molar-refractivity contribution in [3.05, 3.63) is 64.1 Å². The molecule has 1 heterocycles. The van der Waals surface area contributed by atoms with Crippen LogP contribution in [0.3, 0.4) is 0 Å². The molecule has 0 fully saturated rings. The van der Waals surface area contributed by atoms with Crippen LogP contribution in [0.2, 0.25) is 0 Å². The molecule has 19 heavy (non-hydrogen) atoms. The molecule has 98 valence electrons. The summed E-state index contributed by atoms with van der Waals surface area (Å²) >= 11 is 3.38. The maximum atomic E-state index is 12.9. The first-order valence-corrected chi connectivity index (χ1v) is 6.52. The summed E-state index contributed by atoms with van der Waals surface area (Å²) in [5.74, 6) is -0.434. The van der Waals surface area contributed by atoms with E-state index in [1.54, 1.807) is 18.3 Å². The molecule has 1 atom stereocenters. The van der Waals surface area contributed by atoms with Crippen molar-refractivity contribution in [1.29, 1.82) is 0 Å². The molecule has 5 heteroatoms. The van der Waals surface area contributed by atoms with Gasteiger partial charge in [0.1, 0.15) is 5.82 Å². The summed E-state index contributed by atoms with van der Waals surface area (Å²) in [5, 5.41) is 11.8. The summed E-state index contributed by atoms with van der Waals surface area (Å²) in [6.07, 6.45) is 3.71. The molecule has 0 saturated heterocycles. The van der Waals surface area contributed by atoms with E-state index in [4.69, 9.17) is 5.21 Å². The second-order valence-electron chi connectivity index (χ2n) is 4.09. The van der Waals surface area contributed by atoms with Gasteiger partial charge in [0.05, 0.1) is 6.21 Å². The predicted octanol–water partition coefficient (Wildman–Crippen LogP) is 3.77. The van der Waals surface area contributed by atoms with Crippen molar-refractivity contribution < 1.29 is 9.60 Å². The van der Waals surface area contributed by atoms with Crippen molar-refractivity contribution in [3.63, 3.8) is 0 Å². The van der Waals surface area contributed by atoms with E-state index in [2.05, 4.69) is 26.1 Å². The Hall–Kier alpha value is -1.75. The topological polar surface area (TPSA) is 45.5 Å². The maximum absolute atomic E-state index is 12.9. The average molecular weight is 323 g/mol. The van der Waals surface area contributed by atoms with Gasteiger partial charge in [-0.25, -0.2) is 4.39 Å². The van der Waals surface area contributed by atoms with Crippen LogP contribution in [-0.2, 0) is 6.42 Å². The Kier molecular flexibility index (Phi) is 4.63. The molecule has 0 aliphatic carbocycles. The highest BCUT2D eigenvalue weighted by Crippen LogP contribution is 2.20. The molecule has 2 aromatic rings. The smallest absolute Gasteiger partial charge is 0.123 e. The molecule has 0 amide bonds. The number of rotatable bonds is 4.